The van der Waals surface area contributed by atoms with Crippen molar-refractivity contribution in [3.63, 3.8) is 0 Å². The largest absolute Gasteiger partial charge is 0.495 e. The monoisotopic (exact) mass is 221 g/mol. The summed E-state index contributed by atoms with van der Waals surface area (Å²) in [6.45, 7) is 0. The van der Waals surface area contributed by atoms with Crippen molar-refractivity contribution in [1.82, 2.24) is 4.24 Å². The number of nitrogens with one attached hydrogen (secondary N) is 1. The zero-order valence-electron chi connectivity index (χ0n) is 6.82. The molecule has 0 fully saturated rings. The van der Waals surface area contributed by atoms with Crippen molar-refractivity contribution in [2.45, 2.75) is 4.90 Å². The van der Waals surface area contributed by atoms with Crippen molar-refractivity contribution < 1.29 is 13.2 Å². The van der Waals surface area contributed by atoms with Crippen LogP contribution in [0.25, 0.3) is 0 Å². The molecule has 0 bridgehead atoms. The van der Waals surface area contributed by atoms with Gasteiger partial charge in [-0.15, -0.1) is 4.24 Å². The van der Waals surface area contributed by atoms with E-state index >= 15 is 0 Å². The van der Waals surface area contributed by atoms with Crippen LogP contribution >= 0.6 is 11.8 Å². The Morgan fingerprint density at radius 1 is 1.38 bits per heavy atom. The van der Waals surface area contributed by atoms with Gasteiger partial charge in [-0.05, 0) is 23.9 Å². The van der Waals surface area contributed by atoms with Crippen molar-refractivity contribution in [2.75, 3.05) is 7.11 Å². The van der Waals surface area contributed by atoms with Crippen LogP contribution in [0, 0.1) is 0 Å². The molecule has 1 aromatic rings. The minimum atomic E-state index is -3.65. The second-order valence-corrected chi connectivity index (χ2v) is 4.30. The number of halogens is 1. The molecule has 0 spiro atoms. The van der Waals surface area contributed by atoms with Gasteiger partial charge in [0.05, 0.1) is 7.11 Å². The van der Waals surface area contributed by atoms with Crippen molar-refractivity contribution in [3.05, 3.63) is 24.3 Å². The number of sulfonamides is 1. The lowest BCUT2D eigenvalue weighted by Gasteiger charge is -2.06. The Bertz CT molecular complexity index is 390. The van der Waals surface area contributed by atoms with Gasteiger partial charge in [-0.25, -0.2) is 8.42 Å². The van der Waals surface area contributed by atoms with Crippen LogP contribution in [0.5, 0.6) is 5.75 Å². The summed E-state index contributed by atoms with van der Waals surface area (Å²) in [6.07, 6.45) is 0. The number of rotatable bonds is 3. The molecule has 0 saturated heterocycles. The Balaban J connectivity index is 3.29. The maximum atomic E-state index is 11.3. The molecule has 0 aromatic heterocycles. The van der Waals surface area contributed by atoms with Gasteiger partial charge in [0.1, 0.15) is 10.6 Å². The third-order valence-corrected chi connectivity index (χ3v) is 3.19. The first-order valence-electron chi connectivity index (χ1n) is 3.37. The lowest BCUT2D eigenvalue weighted by atomic mass is 10.3. The average molecular weight is 222 g/mol. The lowest BCUT2D eigenvalue weighted by Crippen LogP contribution is -2.14. The van der Waals surface area contributed by atoms with Gasteiger partial charge in [0.2, 0.25) is 0 Å². The van der Waals surface area contributed by atoms with Gasteiger partial charge < -0.3 is 4.74 Å². The van der Waals surface area contributed by atoms with E-state index in [1.165, 1.54) is 13.2 Å². The first-order chi connectivity index (χ1) is 6.11. The fraction of sp³-hybridized carbons (Fsp3) is 0.143. The second-order valence-electron chi connectivity index (χ2n) is 2.23. The highest BCUT2D eigenvalue weighted by Crippen LogP contribution is 2.22. The molecule has 0 aliphatic carbocycles. The van der Waals surface area contributed by atoms with Crippen molar-refractivity contribution in [3.8, 4) is 5.75 Å². The van der Waals surface area contributed by atoms with Crippen molar-refractivity contribution in [1.29, 1.82) is 0 Å². The van der Waals surface area contributed by atoms with Crippen LogP contribution in [0.2, 0.25) is 0 Å². The van der Waals surface area contributed by atoms with E-state index in [1.54, 1.807) is 22.4 Å². The lowest BCUT2D eigenvalue weighted by molar-refractivity contribution is 0.402. The predicted octanol–water partition coefficient (Wildman–Crippen LogP) is 1.13. The third kappa shape index (κ3) is 2.12. The van der Waals surface area contributed by atoms with Crippen LogP contribution in [0.15, 0.2) is 29.2 Å². The molecule has 13 heavy (non-hydrogen) atoms. The Morgan fingerprint density at radius 3 is 2.54 bits per heavy atom. The Morgan fingerprint density at radius 2 is 2.00 bits per heavy atom. The zero-order chi connectivity index (χ0) is 9.90. The van der Waals surface area contributed by atoms with Crippen molar-refractivity contribution >= 4 is 21.8 Å². The summed E-state index contributed by atoms with van der Waals surface area (Å²) < 4.78 is 29.1. The fourth-order valence-corrected chi connectivity index (χ4v) is 1.89. The second kappa shape index (κ2) is 3.95. The standard InChI is InChI=1S/C7H8ClNO3S/c1-12-6-4-2-3-5-7(6)13(10,11)9-8/h2-5,9H,1H3. The molecule has 1 rings (SSSR count). The van der Waals surface area contributed by atoms with Gasteiger partial charge in [-0.2, -0.15) is 0 Å². The van der Waals surface area contributed by atoms with Crippen LogP contribution in [0.4, 0.5) is 0 Å². The average Bonchev–Trinajstić information content (AvgIpc) is 2.18. The van der Waals surface area contributed by atoms with Crippen LogP contribution in [0.3, 0.4) is 0 Å². The summed E-state index contributed by atoms with van der Waals surface area (Å²) in [6, 6.07) is 6.21. The number of ether oxygens (including phenoxy) is 1. The molecule has 1 N–H and O–H groups in total. The van der Waals surface area contributed by atoms with Gasteiger partial charge in [-0.3, -0.25) is 0 Å². The minimum Gasteiger partial charge on any atom is -0.495 e. The SMILES string of the molecule is COc1ccccc1S(=O)(=O)NCl. The van der Waals surface area contributed by atoms with Gasteiger partial charge in [-0.1, -0.05) is 12.1 Å². The fourth-order valence-electron chi connectivity index (χ4n) is 0.882. The summed E-state index contributed by atoms with van der Waals surface area (Å²) >= 11 is 5.06. The highest BCUT2D eigenvalue weighted by Gasteiger charge is 2.16. The quantitative estimate of drug-likeness (QED) is 0.779. The summed E-state index contributed by atoms with van der Waals surface area (Å²) in [5.74, 6) is 0.260. The zero-order valence-corrected chi connectivity index (χ0v) is 8.39. The van der Waals surface area contributed by atoms with E-state index in [4.69, 9.17) is 16.5 Å². The Labute approximate surface area is 81.6 Å². The highest BCUT2D eigenvalue weighted by atomic mass is 35.5. The number of methoxy groups -OCH3 is 1. The highest BCUT2D eigenvalue weighted by molar-refractivity contribution is 7.90. The van der Waals surface area contributed by atoms with Crippen LogP contribution in [-0.2, 0) is 10.0 Å². The van der Waals surface area contributed by atoms with E-state index in [1.807, 2.05) is 0 Å². The number of benzene rings is 1. The van der Waals surface area contributed by atoms with E-state index in [9.17, 15) is 8.42 Å². The molecule has 0 atom stereocenters. The molecule has 0 radical (unpaired) electrons. The minimum absolute atomic E-state index is 0.0208. The predicted molar refractivity (Wildman–Crippen MR) is 49.2 cm³/mol. The van der Waals surface area contributed by atoms with Gasteiger partial charge in [0, 0.05) is 0 Å². The summed E-state index contributed by atoms with van der Waals surface area (Å²) in [5, 5.41) is 0. The molecule has 72 valence electrons. The summed E-state index contributed by atoms with van der Waals surface area (Å²) in [5.41, 5.74) is 0. The van der Waals surface area contributed by atoms with E-state index in [0.29, 0.717) is 0 Å². The number of hydrogen-bond acceptors (Lipinski definition) is 3. The molecule has 0 saturated carbocycles. The van der Waals surface area contributed by atoms with E-state index in [2.05, 4.69) is 0 Å². The van der Waals surface area contributed by atoms with E-state index in [-0.39, 0.29) is 10.6 Å². The molecule has 1 aromatic carbocycles. The smallest absolute Gasteiger partial charge is 0.257 e. The molecular weight excluding hydrogens is 214 g/mol. The summed E-state index contributed by atoms with van der Waals surface area (Å²) in [7, 11) is -2.26. The van der Waals surface area contributed by atoms with Gasteiger partial charge >= 0.3 is 0 Å². The van der Waals surface area contributed by atoms with Crippen LogP contribution in [0.1, 0.15) is 0 Å². The topological polar surface area (TPSA) is 55.4 Å². The molecule has 0 unspecified atom stereocenters. The van der Waals surface area contributed by atoms with Gasteiger partial charge in [0.15, 0.2) is 0 Å². The molecule has 4 nitrogen and oxygen atoms in total. The molecule has 0 aliphatic heterocycles. The van der Waals surface area contributed by atoms with Crippen LogP contribution in [-0.4, -0.2) is 15.5 Å². The van der Waals surface area contributed by atoms with Crippen LogP contribution < -0.4 is 8.98 Å². The molecule has 0 aliphatic rings. The molecule has 6 heteroatoms. The normalized spacial score (nSPS) is 11.2. The Hall–Kier alpha value is -0.780. The maximum absolute atomic E-state index is 11.3. The molecule has 0 heterocycles. The number of hydrogen-bond donors (Lipinski definition) is 1. The van der Waals surface area contributed by atoms with Gasteiger partial charge in [0.25, 0.3) is 10.0 Å². The first-order valence-corrected chi connectivity index (χ1v) is 5.23. The molecular formula is C7H8ClNO3S. The first kappa shape index (κ1) is 10.3. The summed E-state index contributed by atoms with van der Waals surface area (Å²) in [4.78, 5) is 0.0208. The third-order valence-electron chi connectivity index (χ3n) is 1.46. The number of para-hydroxylation sites is 1. The van der Waals surface area contributed by atoms with Crippen molar-refractivity contribution in [2.24, 2.45) is 0 Å². The van der Waals surface area contributed by atoms with E-state index in [0.717, 1.165) is 0 Å². The maximum Gasteiger partial charge on any atom is 0.257 e. The molecule has 0 amide bonds. The Kier molecular flexibility index (Phi) is 3.13. The van der Waals surface area contributed by atoms with E-state index < -0.39 is 10.0 Å².